The molecule has 0 aliphatic heterocycles. The summed E-state index contributed by atoms with van der Waals surface area (Å²) in [6, 6.07) is 0. The number of hydrogen-bond donors (Lipinski definition) is 0. The molecule has 0 radical (unpaired) electrons. The predicted octanol–water partition coefficient (Wildman–Crippen LogP) is 1.11. The van der Waals surface area contributed by atoms with Gasteiger partial charge in [-0.25, -0.2) is 0 Å². The average molecular weight is 213 g/mol. The molecule has 1 heterocycles. The molecule has 76 valence electrons. The summed E-state index contributed by atoms with van der Waals surface area (Å²) in [5, 5.41) is -1.98. The van der Waals surface area contributed by atoms with Crippen molar-refractivity contribution >= 4 is 5.91 Å². The number of halogens is 5. The molecule has 1 amide bonds. The molecule has 0 fully saturated rings. The van der Waals surface area contributed by atoms with Crippen LogP contribution in [0.15, 0.2) is 0 Å². The van der Waals surface area contributed by atoms with Gasteiger partial charge in [-0.15, -0.1) is 0 Å². The molecule has 0 spiro atoms. The van der Waals surface area contributed by atoms with E-state index in [2.05, 4.69) is 9.97 Å². The van der Waals surface area contributed by atoms with Crippen LogP contribution >= 0.6 is 0 Å². The number of rotatable bonds is 1. The second-order valence-corrected chi connectivity index (χ2v) is 1.98. The van der Waals surface area contributed by atoms with Crippen molar-refractivity contribution in [3.8, 4) is 0 Å². The van der Waals surface area contributed by atoms with E-state index in [1.165, 1.54) is 0 Å². The fourth-order valence-electron chi connectivity index (χ4n) is 0.565. The van der Waals surface area contributed by atoms with Gasteiger partial charge >= 0.3 is 5.91 Å². The van der Waals surface area contributed by atoms with Crippen LogP contribution in [0.3, 0.4) is 0 Å². The summed E-state index contributed by atoms with van der Waals surface area (Å²) in [7, 11) is 0. The molecular weight excluding hydrogens is 213 g/mol. The molecule has 0 aliphatic carbocycles. The molecule has 1 rings (SSSR count). The molecule has 0 unspecified atom stereocenters. The first kappa shape index (κ1) is 10.3. The lowest BCUT2D eigenvalue weighted by molar-refractivity contribution is -0.109. The Morgan fingerprint density at radius 3 is 1.86 bits per heavy atom. The summed E-state index contributed by atoms with van der Waals surface area (Å²) in [6.45, 7) is 0. The summed E-state index contributed by atoms with van der Waals surface area (Å²) >= 11 is 0. The fourth-order valence-corrected chi connectivity index (χ4v) is 0.565. The third-order valence-corrected chi connectivity index (χ3v) is 1.12. The molecule has 0 aromatic carbocycles. The van der Waals surface area contributed by atoms with Crippen LogP contribution in [0, 0.1) is 17.7 Å². The summed E-state index contributed by atoms with van der Waals surface area (Å²) in [5.74, 6) is -9.66. The van der Waals surface area contributed by atoms with Gasteiger partial charge in [0.1, 0.15) is 0 Å². The highest BCUT2D eigenvalue weighted by molar-refractivity contribution is 5.88. The van der Waals surface area contributed by atoms with Crippen LogP contribution in [0.2, 0.25) is 0 Å². The average Bonchev–Trinajstić information content (AvgIpc) is 2.12. The van der Waals surface area contributed by atoms with Crippen molar-refractivity contribution in [3.63, 3.8) is 0 Å². The SMILES string of the molecule is O=C(c1nc(F)c(F)c(F)n1)N(F)F. The van der Waals surface area contributed by atoms with Crippen LogP contribution < -0.4 is 0 Å². The van der Waals surface area contributed by atoms with E-state index in [9.17, 15) is 26.9 Å². The maximum atomic E-state index is 12.3. The van der Waals surface area contributed by atoms with E-state index in [1.54, 1.807) is 0 Å². The monoisotopic (exact) mass is 213 g/mol. The largest absolute Gasteiger partial charge is 0.351 e. The van der Waals surface area contributed by atoms with Gasteiger partial charge in [0, 0.05) is 5.34 Å². The summed E-state index contributed by atoms with van der Waals surface area (Å²) in [4.78, 5) is 15.1. The third-order valence-electron chi connectivity index (χ3n) is 1.12. The van der Waals surface area contributed by atoms with Crippen LogP contribution in [0.5, 0.6) is 0 Å². The van der Waals surface area contributed by atoms with Gasteiger partial charge in [-0.2, -0.15) is 23.1 Å². The normalized spacial score (nSPS) is 10.1. The Kier molecular flexibility index (Phi) is 2.58. The number of amides is 1. The van der Waals surface area contributed by atoms with E-state index >= 15 is 0 Å². The topological polar surface area (TPSA) is 46.1 Å². The zero-order chi connectivity index (χ0) is 10.9. The summed E-state index contributed by atoms with van der Waals surface area (Å²) < 4.78 is 59.8. The van der Waals surface area contributed by atoms with Crippen molar-refractivity contribution < 1.29 is 26.9 Å². The number of hydrogen-bond acceptors (Lipinski definition) is 3. The van der Waals surface area contributed by atoms with Crippen LogP contribution in [-0.2, 0) is 0 Å². The van der Waals surface area contributed by atoms with Crippen LogP contribution in [-0.4, -0.2) is 21.2 Å². The molecule has 0 bridgehead atoms. The maximum Gasteiger partial charge on any atom is 0.351 e. The van der Waals surface area contributed by atoms with Crippen molar-refractivity contribution in [3.05, 3.63) is 23.5 Å². The van der Waals surface area contributed by atoms with Gasteiger partial charge in [0.05, 0.1) is 0 Å². The number of nitrogens with zero attached hydrogens (tertiary/aromatic N) is 3. The molecule has 1 aromatic rings. The van der Waals surface area contributed by atoms with Crippen molar-refractivity contribution in [2.75, 3.05) is 0 Å². The van der Waals surface area contributed by atoms with Crippen molar-refractivity contribution in [1.82, 2.24) is 15.3 Å². The Morgan fingerprint density at radius 1 is 1.07 bits per heavy atom. The van der Waals surface area contributed by atoms with E-state index in [0.29, 0.717) is 0 Å². The van der Waals surface area contributed by atoms with Gasteiger partial charge in [0.2, 0.25) is 11.6 Å². The Labute approximate surface area is 72.9 Å². The van der Waals surface area contributed by atoms with Gasteiger partial charge in [-0.1, -0.05) is 8.96 Å². The first-order chi connectivity index (χ1) is 6.43. The molecule has 0 atom stereocenters. The molecule has 4 nitrogen and oxygen atoms in total. The Balaban J connectivity index is 3.19. The Morgan fingerprint density at radius 2 is 1.50 bits per heavy atom. The van der Waals surface area contributed by atoms with Crippen molar-refractivity contribution in [2.24, 2.45) is 0 Å². The van der Waals surface area contributed by atoms with E-state index < -0.39 is 34.8 Å². The highest BCUT2D eigenvalue weighted by Gasteiger charge is 2.23. The molecule has 0 saturated carbocycles. The lowest BCUT2D eigenvalue weighted by Crippen LogP contribution is -2.19. The molecule has 1 aromatic heterocycles. The molecule has 0 N–H and O–H groups in total. The van der Waals surface area contributed by atoms with Crippen LogP contribution in [0.1, 0.15) is 10.6 Å². The van der Waals surface area contributed by atoms with Crippen LogP contribution in [0.4, 0.5) is 22.1 Å². The van der Waals surface area contributed by atoms with E-state index in [-0.39, 0.29) is 0 Å². The van der Waals surface area contributed by atoms with E-state index in [4.69, 9.17) is 0 Å². The quantitative estimate of drug-likeness (QED) is 0.398. The minimum Gasteiger partial charge on any atom is -0.260 e. The van der Waals surface area contributed by atoms with E-state index in [0.717, 1.165) is 0 Å². The number of carbonyl (C=O) groups excluding carboxylic acids is 1. The molecule has 0 aliphatic rings. The number of carbonyl (C=O) groups is 1. The lowest BCUT2D eigenvalue weighted by Gasteiger charge is -1.99. The lowest BCUT2D eigenvalue weighted by atomic mass is 10.5. The molecular formula is C5F5N3O. The second-order valence-electron chi connectivity index (χ2n) is 1.98. The first-order valence-corrected chi connectivity index (χ1v) is 2.98. The van der Waals surface area contributed by atoms with E-state index in [1.807, 2.05) is 0 Å². The van der Waals surface area contributed by atoms with Gasteiger partial charge in [0.15, 0.2) is 0 Å². The molecule has 9 heteroatoms. The zero-order valence-corrected chi connectivity index (χ0v) is 6.14. The highest BCUT2D eigenvalue weighted by Crippen LogP contribution is 2.08. The second kappa shape index (κ2) is 3.52. The standard InChI is InChI=1S/C5F5N3O/c6-1-2(7)11-4(12-3(1)8)5(14)13(9)10. The van der Waals surface area contributed by atoms with Gasteiger partial charge < -0.3 is 0 Å². The summed E-state index contributed by atoms with van der Waals surface area (Å²) in [6.07, 6.45) is 0. The Bertz CT molecular complexity index is 359. The number of aromatic nitrogens is 2. The highest BCUT2D eigenvalue weighted by atomic mass is 19.4. The maximum absolute atomic E-state index is 12.3. The predicted molar refractivity (Wildman–Crippen MR) is 30.3 cm³/mol. The smallest absolute Gasteiger partial charge is 0.260 e. The van der Waals surface area contributed by atoms with Crippen LogP contribution in [0.25, 0.3) is 0 Å². The third kappa shape index (κ3) is 1.75. The van der Waals surface area contributed by atoms with Crippen molar-refractivity contribution in [1.29, 1.82) is 0 Å². The summed E-state index contributed by atoms with van der Waals surface area (Å²) in [5.41, 5.74) is 0. The molecule has 14 heavy (non-hydrogen) atoms. The first-order valence-electron chi connectivity index (χ1n) is 2.98. The minimum absolute atomic E-state index is 1.47. The minimum atomic E-state index is -2.14. The van der Waals surface area contributed by atoms with Gasteiger partial charge in [0.25, 0.3) is 11.9 Å². The fraction of sp³-hybridized carbons (Fsp3) is 0. The van der Waals surface area contributed by atoms with Gasteiger partial charge in [-0.3, -0.25) is 4.79 Å². The van der Waals surface area contributed by atoms with Gasteiger partial charge in [-0.05, 0) is 0 Å². The van der Waals surface area contributed by atoms with Crippen molar-refractivity contribution in [2.45, 2.75) is 0 Å². The molecule has 0 saturated heterocycles. The zero-order valence-electron chi connectivity index (χ0n) is 6.14. The Hall–Kier alpha value is -1.80.